The zero-order valence-electron chi connectivity index (χ0n) is 4.87. The molecule has 0 saturated heterocycles. The highest BCUT2D eigenvalue weighted by Crippen LogP contribution is 2.22. The van der Waals surface area contributed by atoms with E-state index in [1.54, 1.807) is 0 Å². The zero-order valence-corrected chi connectivity index (χ0v) is 4.87. The van der Waals surface area contributed by atoms with Gasteiger partial charge in [-0.3, -0.25) is 4.57 Å². The predicted octanol–water partition coefficient (Wildman–Crippen LogP) is -0.587. The summed E-state index contributed by atoms with van der Waals surface area (Å²) in [6.45, 7) is 0. The van der Waals surface area contributed by atoms with Gasteiger partial charge in [0.05, 0.1) is 0 Å². The normalized spacial score (nSPS) is 9.89. The van der Waals surface area contributed by atoms with Crippen LogP contribution in [0.15, 0.2) is 0 Å². The molecule has 0 atom stereocenters. The molecule has 5 nitrogen and oxygen atoms in total. The first-order valence-corrected chi connectivity index (χ1v) is 2.33. The second kappa shape index (κ2) is 1.54. The summed E-state index contributed by atoms with van der Waals surface area (Å²) in [5.74, 6) is -0.275. The van der Waals surface area contributed by atoms with Crippen molar-refractivity contribution in [1.82, 2.24) is 9.55 Å². The number of nitrogens with two attached hydrogens (primary N) is 1. The lowest BCUT2D eigenvalue weighted by atomic mass is 10.7. The molecule has 0 aliphatic heterocycles. The fourth-order valence-electron chi connectivity index (χ4n) is 0.499. The molecule has 0 spiro atoms. The molecule has 1 heterocycles. The van der Waals surface area contributed by atoms with E-state index >= 15 is 0 Å². The smallest absolute Gasteiger partial charge is 0.298 e. The van der Waals surface area contributed by atoms with Crippen LogP contribution in [0.5, 0.6) is 11.9 Å². The van der Waals surface area contributed by atoms with Crippen LogP contribution in [-0.4, -0.2) is 19.8 Å². The van der Waals surface area contributed by atoms with Crippen molar-refractivity contribution < 1.29 is 10.2 Å². The van der Waals surface area contributed by atoms with E-state index in [4.69, 9.17) is 15.9 Å². The molecule has 1 rings (SSSR count). The molecule has 4 N–H and O–H groups in total. The molecule has 0 aliphatic rings. The van der Waals surface area contributed by atoms with Gasteiger partial charge in [-0.15, -0.1) is 0 Å². The summed E-state index contributed by atoms with van der Waals surface area (Å²) in [6, 6.07) is -0.287. The molecular weight excluding hydrogens is 122 g/mol. The van der Waals surface area contributed by atoms with E-state index in [0.717, 1.165) is 4.57 Å². The standard InChI is InChI=1S/C4H7N3O2/c1-7-3(8)2(5)6-4(7)9/h8H,5H2,1H3,(H,6,9). The minimum absolute atomic E-state index is 0.0602. The Morgan fingerprint density at radius 2 is 2.11 bits per heavy atom. The van der Waals surface area contributed by atoms with Gasteiger partial charge < -0.3 is 15.9 Å². The Balaban J connectivity index is 3.29. The van der Waals surface area contributed by atoms with Crippen molar-refractivity contribution in [3.8, 4) is 11.9 Å². The predicted molar refractivity (Wildman–Crippen MR) is 30.9 cm³/mol. The van der Waals surface area contributed by atoms with Crippen LogP contribution in [0.4, 0.5) is 5.82 Å². The average Bonchev–Trinajstić information content (AvgIpc) is 1.98. The number of nitrogen functional groups attached to an aromatic ring is 1. The van der Waals surface area contributed by atoms with Gasteiger partial charge >= 0.3 is 0 Å². The lowest BCUT2D eigenvalue weighted by Gasteiger charge is -1.91. The third-order valence-electron chi connectivity index (χ3n) is 1.07. The minimum Gasteiger partial charge on any atom is -0.492 e. The van der Waals surface area contributed by atoms with Crippen molar-refractivity contribution in [2.75, 3.05) is 5.73 Å². The van der Waals surface area contributed by atoms with Crippen molar-refractivity contribution in [1.29, 1.82) is 0 Å². The molecule has 0 unspecified atom stereocenters. The second-order valence-corrected chi connectivity index (χ2v) is 1.68. The number of imidazole rings is 1. The average molecular weight is 129 g/mol. The van der Waals surface area contributed by atoms with Crippen LogP contribution >= 0.6 is 0 Å². The summed E-state index contributed by atoms with van der Waals surface area (Å²) in [7, 11) is 1.45. The molecule has 1 aromatic heterocycles. The lowest BCUT2D eigenvalue weighted by molar-refractivity contribution is 0.380. The summed E-state index contributed by atoms with van der Waals surface area (Å²) in [5, 5.41) is 17.6. The van der Waals surface area contributed by atoms with Crippen molar-refractivity contribution in [2.45, 2.75) is 0 Å². The van der Waals surface area contributed by atoms with Crippen LogP contribution in [0.25, 0.3) is 0 Å². The summed E-state index contributed by atoms with van der Waals surface area (Å²) >= 11 is 0. The summed E-state index contributed by atoms with van der Waals surface area (Å²) in [5.41, 5.74) is 5.10. The lowest BCUT2D eigenvalue weighted by Crippen LogP contribution is -1.86. The van der Waals surface area contributed by atoms with Gasteiger partial charge in [0.15, 0.2) is 5.82 Å². The van der Waals surface area contributed by atoms with E-state index in [9.17, 15) is 0 Å². The van der Waals surface area contributed by atoms with E-state index in [1.807, 2.05) is 0 Å². The number of aromatic hydroxyl groups is 2. The molecular formula is C4H7N3O2. The highest BCUT2D eigenvalue weighted by atomic mass is 16.3. The largest absolute Gasteiger partial charge is 0.492 e. The highest BCUT2D eigenvalue weighted by molar-refractivity contribution is 5.42. The third-order valence-corrected chi connectivity index (χ3v) is 1.07. The van der Waals surface area contributed by atoms with Gasteiger partial charge in [0, 0.05) is 7.05 Å². The van der Waals surface area contributed by atoms with Gasteiger partial charge in [-0.25, -0.2) is 0 Å². The molecule has 9 heavy (non-hydrogen) atoms. The number of aromatic nitrogens is 2. The molecule has 0 bridgehead atoms. The van der Waals surface area contributed by atoms with Crippen molar-refractivity contribution in [3.63, 3.8) is 0 Å². The first kappa shape index (κ1) is 5.74. The first-order valence-electron chi connectivity index (χ1n) is 2.33. The number of hydrogen-bond donors (Lipinski definition) is 3. The highest BCUT2D eigenvalue weighted by Gasteiger charge is 2.07. The topological polar surface area (TPSA) is 84.3 Å². The molecule has 0 saturated carbocycles. The van der Waals surface area contributed by atoms with E-state index in [2.05, 4.69) is 4.98 Å². The Bertz CT molecular complexity index is 207. The monoisotopic (exact) mass is 129 g/mol. The summed E-state index contributed by atoms with van der Waals surface area (Å²) < 4.78 is 1.08. The fraction of sp³-hybridized carbons (Fsp3) is 0.250. The number of anilines is 1. The molecule has 1 aromatic rings. The molecule has 5 heteroatoms. The van der Waals surface area contributed by atoms with Gasteiger partial charge in [-0.2, -0.15) is 4.98 Å². The quantitative estimate of drug-likeness (QED) is 0.437. The van der Waals surface area contributed by atoms with E-state index in [1.165, 1.54) is 7.05 Å². The van der Waals surface area contributed by atoms with Crippen molar-refractivity contribution in [2.24, 2.45) is 7.05 Å². The second-order valence-electron chi connectivity index (χ2n) is 1.68. The molecule has 0 radical (unpaired) electrons. The van der Waals surface area contributed by atoms with E-state index in [-0.39, 0.29) is 17.7 Å². The van der Waals surface area contributed by atoms with Crippen LogP contribution in [0.3, 0.4) is 0 Å². The van der Waals surface area contributed by atoms with Crippen LogP contribution < -0.4 is 5.73 Å². The fourth-order valence-corrected chi connectivity index (χ4v) is 0.499. The Morgan fingerprint density at radius 1 is 1.56 bits per heavy atom. The molecule has 50 valence electrons. The first-order chi connectivity index (χ1) is 4.13. The van der Waals surface area contributed by atoms with Gasteiger partial charge in [0.1, 0.15) is 0 Å². The number of nitrogens with zero attached hydrogens (tertiary/aromatic N) is 2. The number of rotatable bonds is 0. The van der Waals surface area contributed by atoms with Crippen molar-refractivity contribution in [3.05, 3.63) is 0 Å². The third kappa shape index (κ3) is 0.658. The molecule has 0 fully saturated rings. The van der Waals surface area contributed by atoms with Crippen LogP contribution in [0.1, 0.15) is 0 Å². The molecule has 0 aromatic carbocycles. The van der Waals surface area contributed by atoms with Crippen LogP contribution in [0.2, 0.25) is 0 Å². The molecule has 0 amide bonds. The maximum Gasteiger partial charge on any atom is 0.298 e. The maximum absolute atomic E-state index is 8.84. The van der Waals surface area contributed by atoms with E-state index < -0.39 is 0 Å². The number of hydrogen-bond acceptors (Lipinski definition) is 4. The Labute approximate surface area is 51.4 Å². The Hall–Kier alpha value is -1.39. The zero-order chi connectivity index (χ0) is 7.02. The molecule has 0 aliphatic carbocycles. The van der Waals surface area contributed by atoms with Crippen LogP contribution in [-0.2, 0) is 7.05 Å². The van der Waals surface area contributed by atoms with Crippen molar-refractivity contribution >= 4 is 5.82 Å². The summed E-state index contributed by atoms with van der Waals surface area (Å²) in [4.78, 5) is 3.36. The SMILES string of the molecule is Cn1c(O)nc(N)c1O. The van der Waals surface area contributed by atoms with E-state index in [0.29, 0.717) is 0 Å². The minimum atomic E-state index is -0.287. The van der Waals surface area contributed by atoms with Crippen LogP contribution in [0, 0.1) is 0 Å². The Morgan fingerprint density at radius 3 is 2.22 bits per heavy atom. The van der Waals surface area contributed by atoms with Gasteiger partial charge in [0.2, 0.25) is 5.88 Å². The van der Waals surface area contributed by atoms with Gasteiger partial charge in [0.25, 0.3) is 6.01 Å². The maximum atomic E-state index is 8.84. The Kier molecular flexibility index (Phi) is 0.985. The van der Waals surface area contributed by atoms with Gasteiger partial charge in [-0.1, -0.05) is 0 Å². The summed E-state index contributed by atoms with van der Waals surface area (Å²) in [6.07, 6.45) is 0. The van der Waals surface area contributed by atoms with Gasteiger partial charge in [-0.05, 0) is 0 Å².